The van der Waals surface area contributed by atoms with E-state index in [0.29, 0.717) is 6.04 Å². The predicted octanol–water partition coefficient (Wildman–Crippen LogP) is 2.36. The average molecular weight is 232 g/mol. The van der Waals surface area contributed by atoms with Gasteiger partial charge in [0.1, 0.15) is 0 Å². The van der Waals surface area contributed by atoms with Crippen LogP contribution in [0.15, 0.2) is 30.3 Å². The Hall–Kier alpha value is -0.860. The molecule has 2 fully saturated rings. The third-order valence-corrected chi connectivity index (χ3v) is 4.04. The molecule has 1 aromatic rings. The zero-order valence-corrected chi connectivity index (χ0v) is 10.8. The molecular weight excluding hydrogens is 208 g/mol. The number of piperidine rings is 1. The van der Waals surface area contributed by atoms with Gasteiger partial charge < -0.3 is 5.32 Å². The van der Waals surface area contributed by atoms with Gasteiger partial charge in [-0.1, -0.05) is 44.2 Å². The largest absolute Gasteiger partial charge is 0.311 e. The van der Waals surface area contributed by atoms with E-state index in [0.717, 1.165) is 24.4 Å². The van der Waals surface area contributed by atoms with Gasteiger partial charge in [0.05, 0.1) is 0 Å². The summed E-state index contributed by atoms with van der Waals surface area (Å²) in [7, 11) is 0. The lowest BCUT2D eigenvalue weighted by Crippen LogP contribution is -2.34. The molecule has 1 N–H and O–H groups in total. The average Bonchev–Trinajstić information content (AvgIpc) is 2.74. The van der Waals surface area contributed by atoms with Crippen molar-refractivity contribution >= 4 is 0 Å². The lowest BCUT2D eigenvalue weighted by Gasteiger charge is -2.20. The fourth-order valence-corrected chi connectivity index (χ4v) is 3.22. The molecule has 1 aromatic carbocycles. The highest BCUT2D eigenvalue weighted by atomic mass is 15.2. The summed E-state index contributed by atoms with van der Waals surface area (Å²) < 4.78 is 0. The minimum Gasteiger partial charge on any atom is -0.311 e. The molecule has 2 nitrogen and oxygen atoms in total. The second-order valence-corrected chi connectivity index (χ2v) is 5.85. The van der Waals surface area contributed by atoms with Crippen molar-refractivity contribution in [2.45, 2.75) is 32.5 Å². The van der Waals surface area contributed by atoms with Crippen LogP contribution in [0.2, 0.25) is 0 Å². The molecule has 94 valence electrons. The fourth-order valence-electron chi connectivity index (χ4n) is 3.22. The predicted molar refractivity (Wildman–Crippen MR) is 72.9 cm³/mol. The molecule has 2 heteroatoms. The summed E-state index contributed by atoms with van der Waals surface area (Å²) in [5.74, 6) is 1.84. The molecule has 17 heavy (non-hydrogen) atoms. The van der Waals surface area contributed by atoms with Crippen LogP contribution < -0.4 is 5.32 Å². The zero-order valence-electron chi connectivity index (χ0n) is 10.8. The van der Waals surface area contributed by atoms with E-state index in [9.17, 15) is 0 Å². The molecule has 2 aliphatic rings. The molecule has 1 heterocycles. The molecule has 0 bridgehead atoms. The Morgan fingerprint density at radius 3 is 2.47 bits per heavy atom. The molecule has 1 aliphatic carbocycles. The lowest BCUT2D eigenvalue weighted by molar-refractivity contribution is 0.279. The Morgan fingerprint density at radius 1 is 1.24 bits per heavy atom. The monoisotopic (exact) mass is 232 g/mol. The van der Waals surface area contributed by atoms with Crippen molar-refractivity contribution in [1.29, 1.82) is 0 Å². The zero-order chi connectivity index (χ0) is 11.8. The number of fused-ring (bicyclic) bond motifs is 1. The molecular formula is C15H24N2. The summed E-state index contributed by atoms with van der Waals surface area (Å²) in [6.45, 7) is 8.18. The molecule has 0 aromatic heterocycles. The molecule has 0 radical (unpaired) electrons. The molecule has 1 unspecified atom stereocenters. The highest BCUT2D eigenvalue weighted by Gasteiger charge is 2.55. The molecule has 0 spiro atoms. The number of benzene rings is 1. The van der Waals surface area contributed by atoms with E-state index < -0.39 is 0 Å². The van der Waals surface area contributed by atoms with Crippen LogP contribution in [0.4, 0.5) is 0 Å². The lowest BCUT2D eigenvalue weighted by atomic mass is 10.2. The van der Waals surface area contributed by atoms with Gasteiger partial charge in [-0.05, 0) is 17.4 Å². The van der Waals surface area contributed by atoms with E-state index in [1.807, 2.05) is 0 Å². The molecule has 3 rings (SSSR count). The van der Waals surface area contributed by atoms with E-state index >= 15 is 0 Å². The van der Waals surface area contributed by atoms with Gasteiger partial charge in [0.25, 0.3) is 0 Å². The number of nitrogens with zero attached hydrogens (tertiary/aromatic N) is 1. The third kappa shape index (κ3) is 2.38. The second-order valence-electron chi connectivity index (χ2n) is 5.85. The van der Waals surface area contributed by atoms with Crippen LogP contribution in [-0.2, 0) is 6.54 Å². The Balaban J connectivity index is 0.00000120. The quantitative estimate of drug-likeness (QED) is 0.857. The van der Waals surface area contributed by atoms with Crippen LogP contribution >= 0.6 is 0 Å². The summed E-state index contributed by atoms with van der Waals surface area (Å²) in [6.07, 6.45) is 0. The summed E-state index contributed by atoms with van der Waals surface area (Å²) in [4.78, 5) is 2.60. The topological polar surface area (TPSA) is 15.3 Å². The van der Waals surface area contributed by atoms with Gasteiger partial charge in [-0.15, -0.1) is 0 Å². The first kappa shape index (κ1) is 11.2. The van der Waals surface area contributed by atoms with Crippen LogP contribution in [0.3, 0.4) is 0 Å². The first-order valence-corrected chi connectivity index (χ1v) is 6.76. The maximum Gasteiger partial charge on any atom is 0.0233 e. The first-order chi connectivity index (χ1) is 8.24. The number of likely N-dealkylation sites (tertiary alicyclic amines) is 1. The van der Waals surface area contributed by atoms with Crippen molar-refractivity contribution in [2.75, 3.05) is 13.1 Å². The van der Waals surface area contributed by atoms with Gasteiger partial charge in [0.15, 0.2) is 0 Å². The van der Waals surface area contributed by atoms with Gasteiger partial charge in [-0.2, -0.15) is 0 Å². The van der Waals surface area contributed by atoms with E-state index in [4.69, 9.17) is 0 Å². The fraction of sp³-hybridized carbons (Fsp3) is 0.600. The molecule has 0 amide bonds. The normalized spacial score (nSPS) is 31.8. The number of hydrogen-bond acceptors (Lipinski definition) is 2. The van der Waals surface area contributed by atoms with Crippen molar-refractivity contribution in [3.05, 3.63) is 35.9 Å². The molecule has 1 saturated heterocycles. The van der Waals surface area contributed by atoms with E-state index in [2.05, 4.69) is 54.4 Å². The van der Waals surface area contributed by atoms with Crippen LogP contribution in [0, 0.1) is 11.8 Å². The minimum atomic E-state index is 0. The first-order valence-electron chi connectivity index (χ1n) is 6.76. The van der Waals surface area contributed by atoms with Crippen LogP contribution in [0.25, 0.3) is 0 Å². The van der Waals surface area contributed by atoms with Crippen molar-refractivity contribution in [1.82, 2.24) is 10.2 Å². The van der Waals surface area contributed by atoms with Gasteiger partial charge in [-0.3, -0.25) is 4.90 Å². The summed E-state index contributed by atoms with van der Waals surface area (Å²) in [5, 5.41) is 3.68. The SMILES string of the molecule is CC(C)NC1[C@H]2CN(Cc3ccccc3)C[C@@H]12.[HH]. The van der Waals surface area contributed by atoms with Gasteiger partial charge in [0.2, 0.25) is 0 Å². The van der Waals surface area contributed by atoms with Crippen molar-refractivity contribution in [2.24, 2.45) is 11.8 Å². The third-order valence-electron chi connectivity index (χ3n) is 4.04. The number of rotatable bonds is 4. The number of hydrogen-bond donors (Lipinski definition) is 1. The van der Waals surface area contributed by atoms with E-state index in [1.165, 1.54) is 18.7 Å². The van der Waals surface area contributed by atoms with Gasteiger partial charge >= 0.3 is 0 Å². The standard InChI is InChI=1S/C15H22N2.H2/c1-11(2)16-15-13-9-17(10-14(13)15)8-12-6-4-3-5-7-12;/h3-7,11,13-16H,8-10H2,1-2H3;1H/t13-,14+,15?;. The Morgan fingerprint density at radius 2 is 1.88 bits per heavy atom. The van der Waals surface area contributed by atoms with E-state index in [-0.39, 0.29) is 1.43 Å². The maximum absolute atomic E-state index is 3.68. The number of nitrogens with one attached hydrogen (secondary N) is 1. The molecule has 1 aliphatic heterocycles. The summed E-state index contributed by atoms with van der Waals surface area (Å²) in [6, 6.07) is 12.3. The Bertz CT molecular complexity index is 367. The van der Waals surface area contributed by atoms with Crippen molar-refractivity contribution < 1.29 is 1.43 Å². The maximum atomic E-state index is 3.68. The van der Waals surface area contributed by atoms with Crippen LogP contribution in [0.5, 0.6) is 0 Å². The van der Waals surface area contributed by atoms with Crippen molar-refractivity contribution in [3.8, 4) is 0 Å². The Labute approximate surface area is 105 Å². The van der Waals surface area contributed by atoms with Crippen LogP contribution in [0.1, 0.15) is 20.8 Å². The smallest absolute Gasteiger partial charge is 0.0233 e. The summed E-state index contributed by atoms with van der Waals surface area (Å²) >= 11 is 0. The second kappa shape index (κ2) is 4.43. The van der Waals surface area contributed by atoms with Gasteiger partial charge in [0, 0.05) is 33.1 Å². The van der Waals surface area contributed by atoms with E-state index in [1.54, 1.807) is 0 Å². The molecule has 1 saturated carbocycles. The summed E-state index contributed by atoms with van der Waals surface area (Å²) in [5.41, 5.74) is 1.45. The molecule has 3 atom stereocenters. The highest BCUT2D eigenvalue weighted by molar-refractivity contribution is 5.17. The highest BCUT2D eigenvalue weighted by Crippen LogP contribution is 2.45. The van der Waals surface area contributed by atoms with Gasteiger partial charge in [-0.25, -0.2) is 0 Å². The van der Waals surface area contributed by atoms with Crippen LogP contribution in [-0.4, -0.2) is 30.1 Å². The van der Waals surface area contributed by atoms with Crippen molar-refractivity contribution in [3.63, 3.8) is 0 Å². The minimum absolute atomic E-state index is 0. The Kier molecular flexibility index (Phi) is 2.93.